The highest BCUT2D eigenvalue weighted by molar-refractivity contribution is 6.05. The Morgan fingerprint density at radius 1 is 1.11 bits per heavy atom. The minimum Gasteiger partial charge on any atom is -0.355 e. The van der Waals surface area contributed by atoms with Gasteiger partial charge in [0.1, 0.15) is 5.82 Å². The molecule has 10 nitrogen and oxygen atoms in total. The molecule has 2 fully saturated rings. The van der Waals surface area contributed by atoms with Crippen LogP contribution < -0.4 is 10.6 Å². The van der Waals surface area contributed by atoms with Crippen LogP contribution in [-0.2, 0) is 7.05 Å². The summed E-state index contributed by atoms with van der Waals surface area (Å²) < 4.78 is 3.56. The molecule has 182 valence electrons. The van der Waals surface area contributed by atoms with Gasteiger partial charge in [0.05, 0.1) is 28.9 Å². The molecular formula is C25H31N9O. The summed E-state index contributed by atoms with van der Waals surface area (Å²) in [6.07, 6.45) is 7.66. The number of rotatable bonds is 3. The van der Waals surface area contributed by atoms with Gasteiger partial charge >= 0.3 is 0 Å². The van der Waals surface area contributed by atoms with Gasteiger partial charge in [0.25, 0.3) is 5.91 Å². The van der Waals surface area contributed by atoms with E-state index < -0.39 is 0 Å². The van der Waals surface area contributed by atoms with Crippen LogP contribution in [0.1, 0.15) is 59.0 Å². The molecule has 0 radical (unpaired) electrons. The molecule has 0 saturated carbocycles. The lowest BCUT2D eigenvalue weighted by Crippen LogP contribution is -2.38. The number of pyridine rings is 1. The van der Waals surface area contributed by atoms with Crippen LogP contribution >= 0.6 is 0 Å². The van der Waals surface area contributed by atoms with E-state index >= 15 is 0 Å². The number of aryl methyl sites for hydroxylation is 3. The Morgan fingerprint density at radius 3 is 2.77 bits per heavy atom. The average molecular weight is 474 g/mol. The van der Waals surface area contributed by atoms with E-state index in [4.69, 9.17) is 15.8 Å². The van der Waals surface area contributed by atoms with E-state index in [9.17, 15) is 4.79 Å². The first-order valence-corrected chi connectivity index (χ1v) is 12.4. The number of amides is 1. The van der Waals surface area contributed by atoms with Crippen molar-refractivity contribution in [2.75, 3.05) is 24.5 Å². The van der Waals surface area contributed by atoms with Crippen LogP contribution in [0.15, 0.2) is 24.5 Å². The van der Waals surface area contributed by atoms with E-state index in [0.29, 0.717) is 12.1 Å². The van der Waals surface area contributed by atoms with Gasteiger partial charge in [-0.3, -0.25) is 9.48 Å². The maximum absolute atomic E-state index is 13.9. The molecule has 2 saturated heterocycles. The maximum Gasteiger partial charge on any atom is 0.255 e. The molecule has 2 unspecified atom stereocenters. The minimum absolute atomic E-state index is 0.00568. The summed E-state index contributed by atoms with van der Waals surface area (Å²) in [6.45, 7) is 6.42. The molecule has 0 aliphatic carbocycles. The number of hydrogen-bond donors (Lipinski definition) is 1. The van der Waals surface area contributed by atoms with Crippen LogP contribution in [-0.4, -0.2) is 65.8 Å². The van der Waals surface area contributed by atoms with Gasteiger partial charge < -0.3 is 15.5 Å². The summed E-state index contributed by atoms with van der Waals surface area (Å²) in [7, 11) is 1.85. The van der Waals surface area contributed by atoms with Crippen LogP contribution in [0.5, 0.6) is 0 Å². The highest BCUT2D eigenvalue weighted by atomic mass is 16.2. The molecule has 2 aliphatic heterocycles. The molecule has 6 rings (SSSR count). The summed E-state index contributed by atoms with van der Waals surface area (Å²) in [5.74, 6) is 0.978. The van der Waals surface area contributed by atoms with Crippen LogP contribution in [0.4, 0.5) is 5.82 Å². The van der Waals surface area contributed by atoms with Gasteiger partial charge in [0, 0.05) is 56.2 Å². The number of nitrogens with two attached hydrogens (primary N) is 1. The molecule has 6 heterocycles. The SMILES string of the molecule is Cc1cc(C(=O)N2CCCCC2c2cc3nc(N4CCC(N)C4)c(C)cn3n2)c2cnn(C)c2n1. The average Bonchev–Trinajstić information content (AvgIpc) is 3.56. The first-order chi connectivity index (χ1) is 16.9. The van der Waals surface area contributed by atoms with Crippen molar-refractivity contribution in [3.8, 4) is 0 Å². The van der Waals surface area contributed by atoms with Gasteiger partial charge in [-0.25, -0.2) is 14.5 Å². The Balaban J connectivity index is 1.36. The van der Waals surface area contributed by atoms with Gasteiger partial charge in [0.15, 0.2) is 11.3 Å². The summed E-state index contributed by atoms with van der Waals surface area (Å²) >= 11 is 0. The van der Waals surface area contributed by atoms with Crippen molar-refractivity contribution < 1.29 is 4.79 Å². The second-order valence-corrected chi connectivity index (χ2v) is 9.94. The predicted molar refractivity (Wildman–Crippen MR) is 133 cm³/mol. The monoisotopic (exact) mass is 473 g/mol. The third-order valence-electron chi connectivity index (χ3n) is 7.32. The molecule has 1 amide bonds. The molecule has 0 spiro atoms. The molecule has 0 aromatic carbocycles. The van der Waals surface area contributed by atoms with Gasteiger partial charge in [-0.2, -0.15) is 10.2 Å². The first kappa shape index (κ1) is 22.0. The number of hydrogen-bond acceptors (Lipinski definition) is 7. The van der Waals surface area contributed by atoms with Crippen LogP contribution in [0.3, 0.4) is 0 Å². The quantitative estimate of drug-likeness (QED) is 0.487. The number of nitrogens with zero attached hydrogens (tertiary/aromatic N) is 8. The fourth-order valence-electron chi connectivity index (χ4n) is 5.54. The van der Waals surface area contributed by atoms with Crippen molar-refractivity contribution in [1.82, 2.24) is 34.3 Å². The Labute approximate surface area is 203 Å². The van der Waals surface area contributed by atoms with Crippen LogP contribution in [0.25, 0.3) is 16.7 Å². The summed E-state index contributed by atoms with van der Waals surface area (Å²) in [6, 6.07) is 4.01. The fraction of sp³-hybridized carbons (Fsp3) is 0.480. The zero-order valence-electron chi connectivity index (χ0n) is 20.5. The van der Waals surface area contributed by atoms with E-state index in [2.05, 4.69) is 21.9 Å². The lowest BCUT2D eigenvalue weighted by molar-refractivity contribution is 0.0607. The van der Waals surface area contributed by atoms with Gasteiger partial charge in [-0.15, -0.1) is 0 Å². The van der Waals surface area contributed by atoms with Crippen molar-refractivity contribution in [3.05, 3.63) is 47.0 Å². The van der Waals surface area contributed by atoms with E-state index in [1.807, 2.05) is 41.7 Å². The van der Waals surface area contributed by atoms with Crippen LogP contribution in [0.2, 0.25) is 0 Å². The Morgan fingerprint density at radius 2 is 1.97 bits per heavy atom. The number of carbonyl (C=O) groups excluding carboxylic acids is 1. The number of carbonyl (C=O) groups is 1. The normalized spacial score (nSPS) is 20.9. The third-order valence-corrected chi connectivity index (χ3v) is 7.32. The smallest absolute Gasteiger partial charge is 0.255 e. The summed E-state index contributed by atoms with van der Waals surface area (Å²) in [5.41, 5.74) is 11.1. The van der Waals surface area contributed by atoms with E-state index in [1.165, 1.54) is 0 Å². The second-order valence-electron chi connectivity index (χ2n) is 9.94. The maximum atomic E-state index is 13.9. The number of piperidine rings is 1. The van der Waals surface area contributed by atoms with Crippen molar-refractivity contribution in [3.63, 3.8) is 0 Å². The minimum atomic E-state index is -0.0953. The highest BCUT2D eigenvalue weighted by Gasteiger charge is 2.32. The zero-order valence-corrected chi connectivity index (χ0v) is 20.5. The lowest BCUT2D eigenvalue weighted by Gasteiger charge is -2.35. The van der Waals surface area contributed by atoms with Crippen molar-refractivity contribution in [2.24, 2.45) is 12.8 Å². The predicted octanol–water partition coefficient (Wildman–Crippen LogP) is 2.53. The van der Waals surface area contributed by atoms with Gasteiger partial charge in [0.2, 0.25) is 0 Å². The summed E-state index contributed by atoms with van der Waals surface area (Å²) in [5, 5.41) is 10.00. The molecular weight excluding hydrogens is 442 g/mol. The molecule has 4 aromatic rings. The van der Waals surface area contributed by atoms with Gasteiger partial charge in [-0.05, 0) is 45.6 Å². The molecule has 2 N–H and O–H groups in total. The molecule has 4 aromatic heterocycles. The second kappa shape index (κ2) is 8.30. The number of likely N-dealkylation sites (tertiary alicyclic amines) is 1. The Bertz CT molecular complexity index is 1440. The van der Waals surface area contributed by atoms with E-state index in [-0.39, 0.29) is 18.0 Å². The molecule has 0 bridgehead atoms. The van der Waals surface area contributed by atoms with Gasteiger partial charge in [-0.1, -0.05) is 0 Å². The largest absolute Gasteiger partial charge is 0.355 e. The van der Waals surface area contributed by atoms with E-state index in [1.54, 1.807) is 10.9 Å². The van der Waals surface area contributed by atoms with Crippen molar-refractivity contribution in [1.29, 1.82) is 0 Å². The molecule has 2 aliphatic rings. The fourth-order valence-corrected chi connectivity index (χ4v) is 5.54. The Kier molecular flexibility index (Phi) is 5.21. The summed E-state index contributed by atoms with van der Waals surface area (Å²) in [4.78, 5) is 27.6. The number of fused-ring (bicyclic) bond motifs is 2. The van der Waals surface area contributed by atoms with E-state index in [0.717, 1.165) is 78.2 Å². The molecule has 2 atom stereocenters. The molecule has 35 heavy (non-hydrogen) atoms. The molecule has 10 heteroatoms. The number of aromatic nitrogens is 6. The standard InChI is InChI=1S/C25H31N9O/c1-15-13-34-22(29-23(15)32-9-7-17(26)14-32)11-20(30-34)21-6-4-5-8-33(21)25(35)18-10-16(2)28-24-19(18)12-27-31(24)3/h10-13,17,21H,4-9,14,26H2,1-3H3. The highest BCUT2D eigenvalue weighted by Crippen LogP contribution is 2.34. The zero-order chi connectivity index (χ0) is 24.3. The lowest BCUT2D eigenvalue weighted by atomic mass is 9.97. The first-order valence-electron chi connectivity index (χ1n) is 12.4. The Hall–Kier alpha value is -3.53. The van der Waals surface area contributed by atoms with Crippen LogP contribution in [0, 0.1) is 13.8 Å². The van der Waals surface area contributed by atoms with Crippen molar-refractivity contribution in [2.45, 2.75) is 51.6 Å². The number of anilines is 1. The third kappa shape index (κ3) is 3.72. The van der Waals surface area contributed by atoms with Crippen molar-refractivity contribution >= 4 is 28.4 Å². The topological polar surface area (TPSA) is 110 Å².